The maximum atomic E-state index is 12.3. The molecule has 1 atom stereocenters. The van der Waals surface area contributed by atoms with Crippen LogP contribution in [0.3, 0.4) is 0 Å². The Labute approximate surface area is 114 Å². The van der Waals surface area contributed by atoms with E-state index in [4.69, 9.17) is 0 Å². The highest BCUT2D eigenvalue weighted by Gasteiger charge is 2.32. The number of amides is 1. The molecule has 2 rings (SSSR count). The number of alkyl halides is 3. The first-order valence-corrected chi connectivity index (χ1v) is 6.35. The summed E-state index contributed by atoms with van der Waals surface area (Å²) in [5.41, 5.74) is 0.0159. The molecule has 0 aromatic heterocycles. The molecular formula is C13H15F3N2O2. The Bertz CT molecular complexity index is 471. The van der Waals surface area contributed by atoms with E-state index in [1.165, 1.54) is 18.2 Å². The van der Waals surface area contributed by atoms with Crippen molar-refractivity contribution in [3.63, 3.8) is 0 Å². The van der Waals surface area contributed by atoms with Crippen molar-refractivity contribution in [2.45, 2.75) is 31.7 Å². The molecule has 1 heterocycles. The molecule has 0 unspecified atom stereocenters. The number of halogens is 3. The van der Waals surface area contributed by atoms with Crippen LogP contribution >= 0.6 is 0 Å². The van der Waals surface area contributed by atoms with Crippen molar-refractivity contribution in [2.75, 3.05) is 11.9 Å². The average Bonchev–Trinajstić information content (AvgIpc) is 2.40. The Hall–Kier alpha value is -1.76. The van der Waals surface area contributed by atoms with Gasteiger partial charge in [-0.05, 0) is 31.5 Å². The van der Waals surface area contributed by atoms with Gasteiger partial charge in [0.15, 0.2) is 5.75 Å². The van der Waals surface area contributed by atoms with E-state index < -0.39 is 12.1 Å². The van der Waals surface area contributed by atoms with Gasteiger partial charge in [0, 0.05) is 0 Å². The zero-order valence-corrected chi connectivity index (χ0v) is 10.7. The van der Waals surface area contributed by atoms with Crippen LogP contribution in [0.15, 0.2) is 24.3 Å². The van der Waals surface area contributed by atoms with Crippen molar-refractivity contribution < 1.29 is 22.7 Å². The number of carbonyl (C=O) groups excluding carboxylic acids is 1. The fourth-order valence-electron chi connectivity index (χ4n) is 2.08. The molecule has 110 valence electrons. The second-order valence-electron chi connectivity index (χ2n) is 4.54. The zero-order chi connectivity index (χ0) is 14.6. The maximum Gasteiger partial charge on any atom is 0.573 e. The number of hydrogen-bond donors (Lipinski definition) is 2. The molecule has 1 aromatic carbocycles. The minimum absolute atomic E-state index is 0.0159. The Balaban J connectivity index is 2.06. The fraction of sp³-hybridized carbons (Fsp3) is 0.462. The Morgan fingerprint density at radius 1 is 1.30 bits per heavy atom. The van der Waals surface area contributed by atoms with E-state index in [1.807, 2.05) is 0 Å². The summed E-state index contributed by atoms with van der Waals surface area (Å²) in [7, 11) is 0. The normalized spacial score (nSPS) is 19.4. The largest absolute Gasteiger partial charge is 0.573 e. The molecule has 1 saturated heterocycles. The van der Waals surface area contributed by atoms with Gasteiger partial charge in [-0.3, -0.25) is 4.79 Å². The molecular weight excluding hydrogens is 273 g/mol. The summed E-state index contributed by atoms with van der Waals surface area (Å²) in [6.07, 6.45) is -2.19. The lowest BCUT2D eigenvalue weighted by molar-refractivity contribution is -0.274. The summed E-state index contributed by atoms with van der Waals surface area (Å²) in [5, 5.41) is 5.51. The summed E-state index contributed by atoms with van der Waals surface area (Å²) in [6.45, 7) is 0.735. The lowest BCUT2D eigenvalue weighted by atomic mass is 10.0. The molecule has 20 heavy (non-hydrogen) atoms. The number of rotatable bonds is 3. The number of anilines is 1. The minimum atomic E-state index is -4.79. The van der Waals surface area contributed by atoms with Gasteiger partial charge in [-0.1, -0.05) is 18.6 Å². The fourth-order valence-corrected chi connectivity index (χ4v) is 2.08. The molecule has 0 radical (unpaired) electrons. The van der Waals surface area contributed by atoms with Crippen molar-refractivity contribution >= 4 is 11.6 Å². The predicted octanol–water partition coefficient (Wildman–Crippen LogP) is 2.67. The van der Waals surface area contributed by atoms with Crippen LogP contribution < -0.4 is 15.4 Å². The van der Waals surface area contributed by atoms with Crippen molar-refractivity contribution in [1.29, 1.82) is 0 Å². The van der Waals surface area contributed by atoms with E-state index in [1.54, 1.807) is 0 Å². The van der Waals surface area contributed by atoms with E-state index >= 15 is 0 Å². The smallest absolute Gasteiger partial charge is 0.404 e. The summed E-state index contributed by atoms with van der Waals surface area (Å²) < 4.78 is 40.7. The van der Waals surface area contributed by atoms with Crippen LogP contribution in [0.5, 0.6) is 5.75 Å². The Morgan fingerprint density at radius 2 is 2.05 bits per heavy atom. The zero-order valence-electron chi connectivity index (χ0n) is 10.7. The third-order valence-electron chi connectivity index (χ3n) is 3.00. The van der Waals surface area contributed by atoms with Crippen LogP contribution in [-0.2, 0) is 4.79 Å². The molecule has 1 aromatic rings. The van der Waals surface area contributed by atoms with E-state index in [-0.39, 0.29) is 17.6 Å². The van der Waals surface area contributed by atoms with Crippen molar-refractivity contribution in [1.82, 2.24) is 5.32 Å². The summed E-state index contributed by atoms with van der Waals surface area (Å²) in [5.74, 6) is -0.757. The van der Waals surface area contributed by atoms with Crippen molar-refractivity contribution in [2.24, 2.45) is 0 Å². The second-order valence-corrected chi connectivity index (χ2v) is 4.54. The van der Waals surface area contributed by atoms with Gasteiger partial charge in [0.25, 0.3) is 0 Å². The van der Waals surface area contributed by atoms with Gasteiger partial charge < -0.3 is 15.4 Å². The van der Waals surface area contributed by atoms with Crippen LogP contribution in [0.1, 0.15) is 19.3 Å². The number of benzene rings is 1. The van der Waals surface area contributed by atoms with Gasteiger partial charge in [0.05, 0.1) is 11.7 Å². The first-order chi connectivity index (χ1) is 9.46. The molecule has 2 N–H and O–H groups in total. The van der Waals surface area contributed by atoms with Crippen LogP contribution in [-0.4, -0.2) is 24.9 Å². The molecule has 1 fully saturated rings. The molecule has 1 aliphatic rings. The quantitative estimate of drug-likeness (QED) is 0.899. The first kappa shape index (κ1) is 14.6. The first-order valence-electron chi connectivity index (χ1n) is 6.35. The highest BCUT2D eigenvalue weighted by molar-refractivity contribution is 5.96. The number of piperidine rings is 1. The second kappa shape index (κ2) is 6.13. The van der Waals surface area contributed by atoms with Crippen LogP contribution in [0, 0.1) is 0 Å². The Morgan fingerprint density at radius 3 is 2.70 bits per heavy atom. The van der Waals surface area contributed by atoms with Crippen molar-refractivity contribution in [3.8, 4) is 5.75 Å². The molecule has 0 aliphatic carbocycles. The topological polar surface area (TPSA) is 50.4 Å². The monoisotopic (exact) mass is 288 g/mol. The standard InChI is InChI=1S/C13H15F3N2O2/c14-13(15,16)20-11-7-2-1-5-9(11)18-12(19)10-6-3-4-8-17-10/h1-2,5,7,10,17H,3-4,6,8H2,(H,18,19)/t10-/m1/s1. The van der Waals surface area contributed by atoms with E-state index in [2.05, 4.69) is 15.4 Å². The lowest BCUT2D eigenvalue weighted by Crippen LogP contribution is -2.43. The van der Waals surface area contributed by atoms with Gasteiger partial charge in [0.1, 0.15) is 0 Å². The van der Waals surface area contributed by atoms with Crippen LogP contribution in [0.25, 0.3) is 0 Å². The minimum Gasteiger partial charge on any atom is -0.404 e. The average molecular weight is 288 g/mol. The maximum absolute atomic E-state index is 12.3. The SMILES string of the molecule is O=C(Nc1ccccc1OC(F)(F)F)[C@H]1CCCCN1. The van der Waals surface area contributed by atoms with Gasteiger partial charge in [-0.25, -0.2) is 0 Å². The van der Waals surface area contributed by atoms with Crippen LogP contribution in [0.2, 0.25) is 0 Å². The van der Waals surface area contributed by atoms with E-state index in [9.17, 15) is 18.0 Å². The third kappa shape index (κ3) is 4.12. The number of ether oxygens (including phenoxy) is 1. The van der Waals surface area contributed by atoms with Gasteiger partial charge in [0.2, 0.25) is 5.91 Å². The number of hydrogen-bond acceptors (Lipinski definition) is 3. The number of para-hydroxylation sites is 2. The van der Waals surface area contributed by atoms with Gasteiger partial charge >= 0.3 is 6.36 Å². The van der Waals surface area contributed by atoms with Gasteiger partial charge in [-0.15, -0.1) is 13.2 Å². The molecule has 0 bridgehead atoms. The van der Waals surface area contributed by atoms with Crippen molar-refractivity contribution in [3.05, 3.63) is 24.3 Å². The third-order valence-corrected chi connectivity index (χ3v) is 3.00. The summed E-state index contributed by atoms with van der Waals surface area (Å²) >= 11 is 0. The molecule has 0 spiro atoms. The summed E-state index contributed by atoms with van der Waals surface area (Å²) in [4.78, 5) is 12.0. The highest BCUT2D eigenvalue weighted by Crippen LogP contribution is 2.30. The van der Waals surface area contributed by atoms with Gasteiger partial charge in [-0.2, -0.15) is 0 Å². The van der Waals surface area contributed by atoms with E-state index in [0.29, 0.717) is 6.42 Å². The molecule has 0 saturated carbocycles. The molecule has 7 heteroatoms. The molecule has 1 aliphatic heterocycles. The predicted molar refractivity (Wildman–Crippen MR) is 67.4 cm³/mol. The number of carbonyl (C=O) groups is 1. The lowest BCUT2D eigenvalue weighted by Gasteiger charge is -2.23. The highest BCUT2D eigenvalue weighted by atomic mass is 19.4. The molecule has 1 amide bonds. The number of nitrogens with one attached hydrogen (secondary N) is 2. The molecule has 4 nitrogen and oxygen atoms in total. The van der Waals surface area contributed by atoms with E-state index in [0.717, 1.165) is 25.5 Å². The Kier molecular flexibility index (Phi) is 4.49. The summed E-state index contributed by atoms with van der Waals surface area (Å²) in [6, 6.07) is 5.12. The van der Waals surface area contributed by atoms with Crippen LogP contribution in [0.4, 0.5) is 18.9 Å².